The Kier molecular flexibility index (Phi) is 4.63. The highest BCUT2D eigenvalue weighted by Gasteiger charge is 2.27. The fourth-order valence-electron chi connectivity index (χ4n) is 3.81. The maximum atomic E-state index is 13.0. The monoisotopic (exact) mass is 406 g/mol. The Hall–Kier alpha value is -3.00. The summed E-state index contributed by atoms with van der Waals surface area (Å²) in [5.74, 6) is 0.855. The number of thioether (sulfide) groups is 1. The predicted octanol–water partition coefficient (Wildman–Crippen LogP) is 3.04. The molecule has 0 aliphatic carbocycles. The molecule has 1 N–H and O–H groups in total. The summed E-state index contributed by atoms with van der Waals surface area (Å²) in [5.41, 5.74) is 3.13. The second kappa shape index (κ2) is 7.44. The number of nitrogens with zero attached hydrogens (tertiary/aromatic N) is 5. The lowest BCUT2D eigenvalue weighted by molar-refractivity contribution is -0.130. The molecule has 5 rings (SSSR count). The summed E-state index contributed by atoms with van der Waals surface area (Å²) in [6.45, 7) is 5.14. The molecule has 2 aromatic heterocycles. The van der Waals surface area contributed by atoms with Gasteiger partial charge in [0.1, 0.15) is 0 Å². The van der Waals surface area contributed by atoms with Gasteiger partial charge >= 0.3 is 0 Å². The molecule has 0 unspecified atom stereocenters. The maximum absolute atomic E-state index is 13.0. The number of aromatic amines is 1. The Labute approximate surface area is 172 Å². The molecular weight excluding hydrogens is 384 g/mol. The van der Waals surface area contributed by atoms with E-state index in [1.165, 1.54) is 17.4 Å². The van der Waals surface area contributed by atoms with E-state index < -0.39 is 0 Å². The van der Waals surface area contributed by atoms with Crippen LogP contribution in [0.3, 0.4) is 0 Å². The summed E-state index contributed by atoms with van der Waals surface area (Å²) in [5, 5.41) is 7.90. The lowest BCUT2D eigenvalue weighted by Crippen LogP contribution is -2.50. The van der Waals surface area contributed by atoms with E-state index in [0.717, 1.165) is 42.4 Å². The number of carbonyl (C=O) groups is 1. The van der Waals surface area contributed by atoms with E-state index >= 15 is 0 Å². The van der Waals surface area contributed by atoms with Gasteiger partial charge in [-0.25, -0.2) is 10.1 Å². The fourth-order valence-corrected chi connectivity index (χ4v) is 4.77. The minimum atomic E-state index is -0.217. The van der Waals surface area contributed by atoms with Crippen LogP contribution in [0, 0.1) is 0 Å². The average Bonchev–Trinajstić information content (AvgIpc) is 3.33. The third-order valence-electron chi connectivity index (χ3n) is 5.35. The smallest absolute Gasteiger partial charge is 0.236 e. The molecular formula is C21H22N6OS. The van der Waals surface area contributed by atoms with Gasteiger partial charge in [-0.2, -0.15) is 0 Å². The van der Waals surface area contributed by atoms with Crippen LogP contribution in [-0.4, -0.2) is 61.8 Å². The second-order valence-electron chi connectivity index (χ2n) is 7.17. The molecule has 4 aromatic rings. The number of rotatable bonds is 4. The number of carbonyl (C=O) groups excluding carboxylic acids is 1. The highest BCUT2D eigenvalue weighted by Crippen LogP contribution is 2.27. The van der Waals surface area contributed by atoms with Crippen molar-refractivity contribution in [3.05, 3.63) is 54.6 Å². The van der Waals surface area contributed by atoms with Gasteiger partial charge < -0.3 is 9.80 Å². The van der Waals surface area contributed by atoms with Gasteiger partial charge in [0.25, 0.3) is 0 Å². The van der Waals surface area contributed by atoms with Gasteiger partial charge in [0, 0.05) is 31.9 Å². The van der Waals surface area contributed by atoms with Crippen LogP contribution in [0.4, 0.5) is 5.69 Å². The first-order valence-electron chi connectivity index (χ1n) is 9.78. The Bertz CT molecular complexity index is 1150. The van der Waals surface area contributed by atoms with E-state index in [4.69, 9.17) is 0 Å². The first-order valence-corrected chi connectivity index (χ1v) is 10.7. The molecule has 1 saturated heterocycles. The number of imidazole rings is 1. The number of hydrogen-bond donors (Lipinski definition) is 1. The quantitative estimate of drug-likeness (QED) is 0.528. The summed E-state index contributed by atoms with van der Waals surface area (Å²) in [7, 11) is 0. The van der Waals surface area contributed by atoms with E-state index in [-0.39, 0.29) is 11.2 Å². The van der Waals surface area contributed by atoms with Gasteiger partial charge in [-0.15, -0.1) is 5.10 Å². The standard InChI is InChI=1S/C21H22N6OS/c1-15(19(28)26-13-11-25(12-14-26)16-7-3-2-4-8-16)29-21-24-23-20-22-17-9-5-6-10-18(17)27(20)21/h2-10,15H,11-14H2,1H3,(H,22,23)/t15-/m1/s1. The molecule has 3 heterocycles. The zero-order chi connectivity index (χ0) is 19.8. The molecule has 1 fully saturated rings. The zero-order valence-corrected chi connectivity index (χ0v) is 17.0. The molecule has 1 aliphatic heterocycles. The molecule has 0 radical (unpaired) electrons. The largest absolute Gasteiger partial charge is 0.368 e. The minimum Gasteiger partial charge on any atom is -0.368 e. The Morgan fingerprint density at radius 1 is 1.03 bits per heavy atom. The fraction of sp³-hybridized carbons (Fsp3) is 0.286. The van der Waals surface area contributed by atoms with Crippen molar-refractivity contribution < 1.29 is 4.79 Å². The molecule has 148 valence electrons. The molecule has 0 spiro atoms. The molecule has 7 nitrogen and oxygen atoms in total. The first kappa shape index (κ1) is 18.1. The Morgan fingerprint density at radius 2 is 1.76 bits per heavy atom. The lowest BCUT2D eigenvalue weighted by Gasteiger charge is -2.37. The van der Waals surface area contributed by atoms with Gasteiger partial charge in [-0.3, -0.25) is 9.20 Å². The topological polar surface area (TPSA) is 69.5 Å². The van der Waals surface area contributed by atoms with Gasteiger partial charge in [0.15, 0.2) is 5.16 Å². The zero-order valence-electron chi connectivity index (χ0n) is 16.2. The number of amides is 1. The molecule has 2 aromatic carbocycles. The van der Waals surface area contributed by atoms with E-state index in [1.807, 2.05) is 46.6 Å². The normalized spacial score (nSPS) is 15.9. The van der Waals surface area contributed by atoms with E-state index in [2.05, 4.69) is 44.3 Å². The van der Waals surface area contributed by atoms with E-state index in [0.29, 0.717) is 5.78 Å². The molecule has 0 bridgehead atoms. The maximum Gasteiger partial charge on any atom is 0.236 e. The first-order chi connectivity index (χ1) is 14.2. The number of nitrogens with one attached hydrogen (secondary N) is 1. The summed E-state index contributed by atoms with van der Waals surface area (Å²) in [6.07, 6.45) is 0. The molecule has 8 heteroatoms. The van der Waals surface area contributed by atoms with Crippen molar-refractivity contribution in [3.63, 3.8) is 0 Å². The molecule has 1 atom stereocenters. The van der Waals surface area contributed by atoms with Crippen molar-refractivity contribution in [2.75, 3.05) is 31.1 Å². The van der Waals surface area contributed by atoms with Crippen LogP contribution < -0.4 is 4.90 Å². The second-order valence-corrected chi connectivity index (χ2v) is 8.48. The van der Waals surface area contributed by atoms with Crippen LogP contribution in [0.15, 0.2) is 59.8 Å². The lowest BCUT2D eigenvalue weighted by atomic mass is 10.2. The van der Waals surface area contributed by atoms with Gasteiger partial charge in [-0.05, 0) is 31.2 Å². The Balaban J connectivity index is 1.27. The summed E-state index contributed by atoms with van der Waals surface area (Å²) in [4.78, 5) is 21.9. The minimum absolute atomic E-state index is 0.156. The van der Waals surface area contributed by atoms with Crippen LogP contribution in [0.2, 0.25) is 0 Å². The number of aromatic nitrogens is 4. The number of hydrogen-bond acceptors (Lipinski definition) is 5. The number of benzene rings is 2. The van der Waals surface area contributed by atoms with Crippen LogP contribution >= 0.6 is 11.8 Å². The van der Waals surface area contributed by atoms with Crippen molar-refractivity contribution >= 4 is 40.2 Å². The van der Waals surface area contributed by atoms with Crippen LogP contribution in [-0.2, 0) is 4.79 Å². The molecule has 1 amide bonds. The van der Waals surface area contributed by atoms with Crippen LogP contribution in [0.1, 0.15) is 6.92 Å². The van der Waals surface area contributed by atoms with Crippen molar-refractivity contribution in [2.24, 2.45) is 0 Å². The third-order valence-corrected chi connectivity index (χ3v) is 6.39. The van der Waals surface area contributed by atoms with Crippen molar-refractivity contribution in [2.45, 2.75) is 17.3 Å². The Morgan fingerprint density at radius 3 is 2.55 bits per heavy atom. The molecule has 0 saturated carbocycles. The third kappa shape index (κ3) is 3.33. The van der Waals surface area contributed by atoms with Gasteiger partial charge in [0.2, 0.25) is 11.7 Å². The number of anilines is 1. The van der Waals surface area contributed by atoms with Crippen molar-refractivity contribution in [1.82, 2.24) is 24.5 Å². The number of fused-ring (bicyclic) bond motifs is 3. The van der Waals surface area contributed by atoms with Gasteiger partial charge in [0.05, 0.1) is 16.3 Å². The highest BCUT2D eigenvalue weighted by molar-refractivity contribution is 8.00. The number of piperazine rings is 1. The van der Waals surface area contributed by atoms with E-state index in [9.17, 15) is 4.79 Å². The van der Waals surface area contributed by atoms with Crippen LogP contribution in [0.25, 0.3) is 16.8 Å². The summed E-state index contributed by atoms with van der Waals surface area (Å²) in [6, 6.07) is 18.3. The predicted molar refractivity (Wildman–Crippen MR) is 115 cm³/mol. The molecule has 29 heavy (non-hydrogen) atoms. The average molecular weight is 407 g/mol. The van der Waals surface area contributed by atoms with Crippen LogP contribution in [0.5, 0.6) is 0 Å². The summed E-state index contributed by atoms with van der Waals surface area (Å²) < 4.78 is 1.98. The summed E-state index contributed by atoms with van der Waals surface area (Å²) >= 11 is 1.47. The highest BCUT2D eigenvalue weighted by atomic mass is 32.2. The number of H-pyrrole nitrogens is 1. The molecule has 1 aliphatic rings. The van der Waals surface area contributed by atoms with Crippen molar-refractivity contribution in [3.8, 4) is 0 Å². The van der Waals surface area contributed by atoms with Crippen molar-refractivity contribution in [1.29, 1.82) is 0 Å². The van der Waals surface area contributed by atoms with Gasteiger partial charge in [-0.1, -0.05) is 42.1 Å². The SMILES string of the molecule is C[C@@H](Sc1n[nH]c2nc3ccccc3n12)C(=O)N1CCN(c2ccccc2)CC1. The van der Waals surface area contributed by atoms with E-state index in [1.54, 1.807) is 0 Å². The number of para-hydroxylation sites is 3.